The van der Waals surface area contributed by atoms with Crippen molar-refractivity contribution in [3.63, 3.8) is 0 Å². The summed E-state index contributed by atoms with van der Waals surface area (Å²) in [6.07, 6.45) is 0.961. The highest BCUT2D eigenvalue weighted by Gasteiger charge is 2.10. The van der Waals surface area contributed by atoms with Crippen LogP contribution >= 0.6 is 15.9 Å². The highest BCUT2D eigenvalue weighted by atomic mass is 79.9. The Balaban J connectivity index is 2.55. The maximum Gasteiger partial charge on any atom is 0.135 e. The van der Waals surface area contributed by atoms with Gasteiger partial charge in [-0.3, -0.25) is 5.10 Å². The molecule has 0 radical (unpaired) electrons. The van der Waals surface area contributed by atoms with Crippen molar-refractivity contribution in [1.82, 2.24) is 10.2 Å². The molecule has 0 aliphatic carbocycles. The van der Waals surface area contributed by atoms with Crippen LogP contribution in [0.1, 0.15) is 12.6 Å². The van der Waals surface area contributed by atoms with E-state index >= 15 is 0 Å². The van der Waals surface area contributed by atoms with Crippen LogP contribution in [-0.2, 0) is 6.42 Å². The Morgan fingerprint density at radius 1 is 1.29 bits per heavy atom. The van der Waals surface area contributed by atoms with Crippen molar-refractivity contribution in [2.24, 2.45) is 0 Å². The molecule has 0 saturated carbocycles. The minimum absolute atomic E-state index is 0.889. The smallest absolute Gasteiger partial charge is 0.135 e. The molecule has 1 N–H and O–H groups in total. The highest BCUT2D eigenvalue weighted by molar-refractivity contribution is 9.10. The Bertz CT molecular complexity index is 420. The molecule has 0 atom stereocenters. The third kappa shape index (κ3) is 1.60. The number of nitrogens with one attached hydrogen (secondary N) is 1. The summed E-state index contributed by atoms with van der Waals surface area (Å²) in [5, 5.41) is 7.18. The monoisotopic (exact) mass is 250 g/mol. The van der Waals surface area contributed by atoms with Crippen molar-refractivity contribution in [3.05, 3.63) is 40.6 Å². The molecular formula is C11H11BrN2. The first-order valence-electron chi connectivity index (χ1n) is 4.61. The van der Waals surface area contributed by atoms with Gasteiger partial charge in [-0.15, -0.1) is 0 Å². The van der Waals surface area contributed by atoms with E-state index in [9.17, 15) is 0 Å². The van der Waals surface area contributed by atoms with Crippen LogP contribution in [0.15, 0.2) is 34.9 Å². The summed E-state index contributed by atoms with van der Waals surface area (Å²) >= 11 is 3.45. The molecule has 0 aliphatic rings. The molecule has 1 heterocycles. The van der Waals surface area contributed by atoms with Gasteiger partial charge in [0.25, 0.3) is 0 Å². The average molecular weight is 251 g/mol. The molecule has 0 spiro atoms. The van der Waals surface area contributed by atoms with E-state index in [4.69, 9.17) is 0 Å². The fourth-order valence-corrected chi connectivity index (χ4v) is 2.06. The minimum atomic E-state index is 0.889. The predicted octanol–water partition coefficient (Wildman–Crippen LogP) is 3.40. The number of benzene rings is 1. The summed E-state index contributed by atoms with van der Waals surface area (Å²) in [5.74, 6) is 0. The van der Waals surface area contributed by atoms with Crippen LogP contribution in [0.4, 0.5) is 0 Å². The van der Waals surface area contributed by atoms with E-state index in [0.29, 0.717) is 0 Å². The van der Waals surface area contributed by atoms with Crippen LogP contribution in [-0.4, -0.2) is 10.2 Å². The van der Waals surface area contributed by atoms with E-state index in [1.54, 1.807) is 0 Å². The van der Waals surface area contributed by atoms with Crippen molar-refractivity contribution in [2.75, 3.05) is 0 Å². The maximum absolute atomic E-state index is 4.16. The van der Waals surface area contributed by atoms with Crippen molar-refractivity contribution in [3.8, 4) is 11.1 Å². The van der Waals surface area contributed by atoms with Crippen LogP contribution in [0.25, 0.3) is 11.1 Å². The summed E-state index contributed by atoms with van der Waals surface area (Å²) < 4.78 is 0.889. The maximum atomic E-state index is 4.16. The highest BCUT2D eigenvalue weighted by Crippen LogP contribution is 2.29. The first-order chi connectivity index (χ1) is 6.83. The lowest BCUT2D eigenvalue weighted by atomic mass is 10.1. The number of hydrogen-bond donors (Lipinski definition) is 1. The molecule has 0 amide bonds. The quantitative estimate of drug-likeness (QED) is 0.870. The number of hydrogen-bond acceptors (Lipinski definition) is 1. The van der Waals surface area contributed by atoms with E-state index < -0.39 is 0 Å². The molecule has 72 valence electrons. The molecule has 1 aromatic heterocycles. The van der Waals surface area contributed by atoms with Gasteiger partial charge in [0.2, 0.25) is 0 Å². The van der Waals surface area contributed by atoms with Crippen LogP contribution < -0.4 is 0 Å². The molecular weight excluding hydrogens is 240 g/mol. The topological polar surface area (TPSA) is 28.7 Å². The van der Waals surface area contributed by atoms with Gasteiger partial charge in [-0.25, -0.2) is 0 Å². The summed E-state index contributed by atoms with van der Waals surface area (Å²) in [6, 6.07) is 10.3. The minimum Gasteiger partial charge on any atom is -0.281 e. The first kappa shape index (κ1) is 9.46. The summed E-state index contributed by atoms with van der Waals surface area (Å²) in [7, 11) is 0. The predicted molar refractivity (Wildman–Crippen MR) is 61.1 cm³/mol. The molecule has 0 bridgehead atoms. The van der Waals surface area contributed by atoms with Gasteiger partial charge in [-0.2, -0.15) is 5.10 Å². The lowest BCUT2D eigenvalue weighted by Crippen LogP contribution is -1.84. The van der Waals surface area contributed by atoms with E-state index in [-0.39, 0.29) is 0 Å². The van der Waals surface area contributed by atoms with Crippen molar-refractivity contribution in [1.29, 1.82) is 0 Å². The Kier molecular flexibility index (Phi) is 2.68. The molecule has 2 aromatic rings. The van der Waals surface area contributed by atoms with Gasteiger partial charge in [0.05, 0.1) is 0 Å². The van der Waals surface area contributed by atoms with Gasteiger partial charge in [0.1, 0.15) is 4.60 Å². The third-order valence-electron chi connectivity index (χ3n) is 2.21. The van der Waals surface area contributed by atoms with Gasteiger partial charge in [0, 0.05) is 11.3 Å². The summed E-state index contributed by atoms with van der Waals surface area (Å²) in [5.41, 5.74) is 3.54. The second-order valence-electron chi connectivity index (χ2n) is 3.09. The number of aryl methyl sites for hydroxylation is 1. The lowest BCUT2D eigenvalue weighted by Gasteiger charge is -2.00. The van der Waals surface area contributed by atoms with Gasteiger partial charge < -0.3 is 0 Å². The fourth-order valence-electron chi connectivity index (χ4n) is 1.51. The lowest BCUT2D eigenvalue weighted by molar-refractivity contribution is 0.969. The van der Waals surface area contributed by atoms with Gasteiger partial charge >= 0.3 is 0 Å². The second kappa shape index (κ2) is 3.96. The third-order valence-corrected chi connectivity index (χ3v) is 2.79. The fraction of sp³-hybridized carbons (Fsp3) is 0.182. The van der Waals surface area contributed by atoms with Crippen LogP contribution in [0.3, 0.4) is 0 Å². The number of aromatic nitrogens is 2. The zero-order valence-electron chi connectivity index (χ0n) is 7.92. The molecule has 3 heteroatoms. The molecule has 0 saturated heterocycles. The molecule has 0 unspecified atom stereocenters. The first-order valence-corrected chi connectivity index (χ1v) is 5.40. The molecule has 0 aliphatic heterocycles. The molecule has 1 aromatic carbocycles. The number of aromatic amines is 1. The van der Waals surface area contributed by atoms with E-state index in [1.807, 2.05) is 18.2 Å². The van der Waals surface area contributed by atoms with Crippen LogP contribution in [0.2, 0.25) is 0 Å². The Labute approximate surface area is 91.5 Å². The number of H-pyrrole nitrogens is 1. The number of rotatable bonds is 2. The second-order valence-corrected chi connectivity index (χ2v) is 3.84. The van der Waals surface area contributed by atoms with E-state index in [0.717, 1.165) is 11.0 Å². The van der Waals surface area contributed by atoms with Crippen molar-refractivity contribution >= 4 is 15.9 Å². The average Bonchev–Trinajstić information content (AvgIpc) is 2.61. The Hall–Kier alpha value is -1.09. The van der Waals surface area contributed by atoms with Crippen molar-refractivity contribution < 1.29 is 0 Å². The zero-order chi connectivity index (χ0) is 9.97. The molecule has 2 rings (SSSR count). The summed E-state index contributed by atoms with van der Waals surface area (Å²) in [4.78, 5) is 0. The normalized spacial score (nSPS) is 10.4. The van der Waals surface area contributed by atoms with E-state index in [1.165, 1.54) is 16.8 Å². The standard InChI is InChI=1S/C11H11BrN2/c1-2-9-10(11(12)14-13-9)8-6-4-3-5-7-8/h3-7H,2H2,1H3,(H,13,14). The van der Waals surface area contributed by atoms with Crippen LogP contribution in [0, 0.1) is 0 Å². The number of nitrogens with zero attached hydrogens (tertiary/aromatic N) is 1. The van der Waals surface area contributed by atoms with Gasteiger partial charge in [-0.1, -0.05) is 37.3 Å². The SMILES string of the molecule is CCc1[nH]nc(Br)c1-c1ccccc1. The largest absolute Gasteiger partial charge is 0.281 e. The molecule has 14 heavy (non-hydrogen) atoms. The Morgan fingerprint density at radius 2 is 2.00 bits per heavy atom. The molecule has 0 fully saturated rings. The Morgan fingerprint density at radius 3 is 2.64 bits per heavy atom. The van der Waals surface area contributed by atoms with Gasteiger partial charge in [0.15, 0.2) is 0 Å². The zero-order valence-corrected chi connectivity index (χ0v) is 9.51. The van der Waals surface area contributed by atoms with E-state index in [2.05, 4.69) is 45.2 Å². The van der Waals surface area contributed by atoms with Crippen LogP contribution in [0.5, 0.6) is 0 Å². The summed E-state index contributed by atoms with van der Waals surface area (Å²) in [6.45, 7) is 2.12. The van der Waals surface area contributed by atoms with Gasteiger partial charge in [-0.05, 0) is 27.9 Å². The molecule has 2 nitrogen and oxygen atoms in total. The van der Waals surface area contributed by atoms with Crippen molar-refractivity contribution in [2.45, 2.75) is 13.3 Å². The number of halogens is 1.